The Morgan fingerprint density at radius 2 is 2.23 bits per heavy atom. The Hall–Kier alpha value is -2.50. The first kappa shape index (κ1) is 16.9. The van der Waals surface area contributed by atoms with E-state index >= 15 is 0 Å². The van der Waals surface area contributed by atoms with Crippen molar-refractivity contribution in [2.24, 2.45) is 0 Å². The minimum atomic E-state index is 0.0286. The number of methoxy groups -OCH3 is 1. The molecule has 0 radical (unpaired) electrons. The van der Waals surface area contributed by atoms with Crippen LogP contribution < -0.4 is 10.1 Å². The van der Waals surface area contributed by atoms with Gasteiger partial charge in [-0.2, -0.15) is 5.10 Å². The van der Waals surface area contributed by atoms with Crippen molar-refractivity contribution in [3.63, 3.8) is 0 Å². The van der Waals surface area contributed by atoms with Crippen LogP contribution >= 0.6 is 0 Å². The lowest BCUT2D eigenvalue weighted by Crippen LogP contribution is -2.46. The van der Waals surface area contributed by atoms with E-state index in [-0.39, 0.29) is 11.4 Å². The first-order valence-corrected chi connectivity index (χ1v) is 9.37. The molecule has 0 spiro atoms. The third-order valence-electron chi connectivity index (χ3n) is 5.78. The van der Waals surface area contributed by atoms with Crippen molar-refractivity contribution in [3.05, 3.63) is 47.8 Å². The standard InChI is InChI=1S/C20H26N4O2/c1-26-18-7-3-2-6-16(18)20(9-10-20)14-21-19(25)24-12-4-5-15(13-24)17-8-11-22-23-17/h2-3,6-8,11,15H,4-5,9-10,12-14H2,1H3,(H,21,25)(H,22,23). The van der Waals surface area contributed by atoms with Crippen LogP contribution in [0.4, 0.5) is 4.79 Å². The predicted octanol–water partition coefficient (Wildman–Crippen LogP) is 3.04. The number of piperidine rings is 1. The number of aromatic amines is 1. The van der Waals surface area contributed by atoms with Gasteiger partial charge < -0.3 is 15.0 Å². The van der Waals surface area contributed by atoms with E-state index in [1.165, 1.54) is 5.56 Å². The number of aromatic nitrogens is 2. The summed E-state index contributed by atoms with van der Waals surface area (Å²) >= 11 is 0. The lowest BCUT2D eigenvalue weighted by Gasteiger charge is -2.32. The molecule has 6 heteroatoms. The van der Waals surface area contributed by atoms with Crippen molar-refractivity contribution in [2.45, 2.75) is 37.0 Å². The van der Waals surface area contributed by atoms with Crippen LogP contribution in [-0.2, 0) is 5.41 Å². The van der Waals surface area contributed by atoms with Crippen LogP contribution in [0, 0.1) is 0 Å². The summed E-state index contributed by atoms with van der Waals surface area (Å²) in [5.74, 6) is 1.26. The number of benzene rings is 1. The van der Waals surface area contributed by atoms with Crippen LogP contribution in [0.1, 0.15) is 42.9 Å². The zero-order chi connectivity index (χ0) is 18.0. The number of carbonyl (C=O) groups excluding carboxylic acids is 1. The second kappa shape index (κ2) is 7.02. The Balaban J connectivity index is 1.38. The maximum Gasteiger partial charge on any atom is 0.317 e. The molecule has 1 saturated heterocycles. The molecule has 1 saturated carbocycles. The number of likely N-dealkylation sites (tertiary alicyclic amines) is 1. The van der Waals surface area contributed by atoms with Crippen LogP contribution in [0.25, 0.3) is 0 Å². The van der Waals surface area contributed by atoms with Gasteiger partial charge in [0.2, 0.25) is 0 Å². The number of nitrogens with zero attached hydrogens (tertiary/aromatic N) is 2. The molecule has 2 heterocycles. The summed E-state index contributed by atoms with van der Waals surface area (Å²) in [6, 6.07) is 10.2. The Morgan fingerprint density at radius 1 is 1.38 bits per heavy atom. The summed E-state index contributed by atoms with van der Waals surface area (Å²) in [5, 5.41) is 10.3. The second-order valence-corrected chi connectivity index (χ2v) is 7.44. The van der Waals surface area contributed by atoms with Crippen LogP contribution in [0.5, 0.6) is 5.75 Å². The fraction of sp³-hybridized carbons (Fsp3) is 0.500. The third kappa shape index (κ3) is 3.28. The number of carbonyl (C=O) groups is 1. The number of hydrogen-bond donors (Lipinski definition) is 2. The molecule has 1 aliphatic carbocycles. The van der Waals surface area contributed by atoms with Crippen LogP contribution in [0.3, 0.4) is 0 Å². The van der Waals surface area contributed by atoms with Crippen molar-refractivity contribution in [1.29, 1.82) is 0 Å². The quantitative estimate of drug-likeness (QED) is 0.867. The smallest absolute Gasteiger partial charge is 0.317 e. The number of H-pyrrole nitrogens is 1. The molecule has 0 bridgehead atoms. The molecule has 2 amide bonds. The van der Waals surface area contributed by atoms with Crippen molar-refractivity contribution < 1.29 is 9.53 Å². The molecule has 6 nitrogen and oxygen atoms in total. The summed E-state index contributed by atoms with van der Waals surface area (Å²) in [7, 11) is 1.71. The molecule has 1 atom stereocenters. The highest BCUT2D eigenvalue weighted by molar-refractivity contribution is 5.74. The minimum absolute atomic E-state index is 0.0286. The molecule has 26 heavy (non-hydrogen) atoms. The SMILES string of the molecule is COc1ccccc1C1(CNC(=O)N2CCCC(c3ccn[nH]3)C2)CC1. The number of para-hydroxylation sites is 1. The monoisotopic (exact) mass is 354 g/mol. The van der Waals surface area contributed by atoms with Gasteiger partial charge in [0.15, 0.2) is 0 Å². The Bertz CT molecular complexity index is 755. The summed E-state index contributed by atoms with van der Waals surface area (Å²) in [6.07, 6.45) is 6.07. The van der Waals surface area contributed by atoms with Crippen LogP contribution in [0.2, 0.25) is 0 Å². The van der Waals surface area contributed by atoms with E-state index in [4.69, 9.17) is 4.74 Å². The lowest BCUT2D eigenvalue weighted by atomic mass is 9.94. The van der Waals surface area contributed by atoms with Gasteiger partial charge in [-0.05, 0) is 37.8 Å². The Labute approximate surface area is 153 Å². The van der Waals surface area contributed by atoms with Crippen molar-refractivity contribution >= 4 is 6.03 Å². The maximum atomic E-state index is 12.7. The molecular formula is C20H26N4O2. The molecule has 1 aliphatic heterocycles. The number of rotatable bonds is 5. The van der Waals surface area contributed by atoms with E-state index in [0.717, 1.165) is 50.2 Å². The van der Waals surface area contributed by atoms with Crippen LogP contribution in [0.15, 0.2) is 36.5 Å². The van der Waals surface area contributed by atoms with Crippen molar-refractivity contribution in [1.82, 2.24) is 20.4 Å². The highest BCUT2D eigenvalue weighted by Gasteiger charge is 2.46. The zero-order valence-electron chi connectivity index (χ0n) is 15.2. The van der Waals surface area contributed by atoms with Gasteiger partial charge in [0.05, 0.1) is 7.11 Å². The average molecular weight is 354 g/mol. The van der Waals surface area contributed by atoms with Gasteiger partial charge in [-0.3, -0.25) is 5.10 Å². The van der Waals surface area contributed by atoms with Gasteiger partial charge in [-0.1, -0.05) is 18.2 Å². The first-order chi connectivity index (χ1) is 12.7. The number of amides is 2. The number of urea groups is 1. The van der Waals surface area contributed by atoms with E-state index in [2.05, 4.69) is 21.6 Å². The van der Waals surface area contributed by atoms with Gasteiger partial charge in [-0.25, -0.2) is 4.79 Å². The highest BCUT2D eigenvalue weighted by atomic mass is 16.5. The summed E-state index contributed by atoms with van der Waals surface area (Å²) in [6.45, 7) is 2.23. The van der Waals surface area contributed by atoms with E-state index in [1.54, 1.807) is 13.3 Å². The van der Waals surface area contributed by atoms with E-state index in [0.29, 0.717) is 12.5 Å². The normalized spacial score (nSPS) is 21.3. The fourth-order valence-electron chi connectivity index (χ4n) is 4.04. The maximum absolute atomic E-state index is 12.7. The minimum Gasteiger partial charge on any atom is -0.496 e. The Morgan fingerprint density at radius 3 is 2.96 bits per heavy atom. The average Bonchev–Trinajstić information content (AvgIpc) is 3.28. The second-order valence-electron chi connectivity index (χ2n) is 7.44. The molecule has 1 unspecified atom stereocenters. The molecule has 2 fully saturated rings. The van der Waals surface area contributed by atoms with Crippen LogP contribution in [-0.4, -0.2) is 47.9 Å². The largest absolute Gasteiger partial charge is 0.496 e. The molecule has 2 N–H and O–H groups in total. The summed E-state index contributed by atoms with van der Waals surface area (Å²) in [5.41, 5.74) is 2.35. The molecular weight excluding hydrogens is 328 g/mol. The van der Waals surface area contributed by atoms with Crippen molar-refractivity contribution in [3.8, 4) is 5.75 Å². The van der Waals surface area contributed by atoms with Gasteiger partial charge in [0.1, 0.15) is 5.75 Å². The highest BCUT2D eigenvalue weighted by Crippen LogP contribution is 2.50. The van der Waals surface area contributed by atoms with Gasteiger partial charge >= 0.3 is 6.03 Å². The topological polar surface area (TPSA) is 70.2 Å². The predicted molar refractivity (Wildman–Crippen MR) is 99.4 cm³/mol. The number of ether oxygens (including phenoxy) is 1. The van der Waals surface area contributed by atoms with Gasteiger partial charge in [0, 0.05) is 48.4 Å². The number of nitrogens with one attached hydrogen (secondary N) is 2. The van der Waals surface area contributed by atoms with Gasteiger partial charge in [-0.15, -0.1) is 0 Å². The van der Waals surface area contributed by atoms with Crippen molar-refractivity contribution in [2.75, 3.05) is 26.7 Å². The summed E-state index contributed by atoms with van der Waals surface area (Å²) < 4.78 is 5.52. The molecule has 1 aromatic carbocycles. The molecule has 4 rings (SSSR count). The fourth-order valence-corrected chi connectivity index (χ4v) is 4.04. The van der Waals surface area contributed by atoms with Gasteiger partial charge in [0.25, 0.3) is 0 Å². The zero-order valence-corrected chi connectivity index (χ0v) is 15.2. The third-order valence-corrected chi connectivity index (χ3v) is 5.78. The Kier molecular flexibility index (Phi) is 4.57. The van der Waals surface area contributed by atoms with E-state index in [9.17, 15) is 4.79 Å². The summed E-state index contributed by atoms with van der Waals surface area (Å²) in [4.78, 5) is 14.7. The molecule has 2 aliphatic rings. The van der Waals surface area contributed by atoms with E-state index < -0.39 is 0 Å². The number of hydrogen-bond acceptors (Lipinski definition) is 3. The molecule has 1 aromatic heterocycles. The molecule has 138 valence electrons. The van der Waals surface area contributed by atoms with E-state index in [1.807, 2.05) is 29.2 Å². The lowest BCUT2D eigenvalue weighted by molar-refractivity contribution is 0.178. The first-order valence-electron chi connectivity index (χ1n) is 9.37. The molecule has 2 aromatic rings.